The Bertz CT molecular complexity index is 796. The number of nitrogens with one attached hydrogen (secondary N) is 2. The van der Waals surface area contributed by atoms with E-state index in [0.717, 1.165) is 25.7 Å². The van der Waals surface area contributed by atoms with Gasteiger partial charge >= 0.3 is 5.97 Å². The van der Waals surface area contributed by atoms with E-state index >= 15 is 0 Å². The van der Waals surface area contributed by atoms with Crippen molar-refractivity contribution in [3.63, 3.8) is 0 Å². The number of hydrogen-bond donors (Lipinski definition) is 3. The molecular formula is C18H24N2O5S. The van der Waals surface area contributed by atoms with E-state index in [1.165, 1.54) is 18.2 Å². The smallest absolute Gasteiger partial charge is 0.305 e. The Morgan fingerprint density at radius 2 is 1.88 bits per heavy atom. The Morgan fingerprint density at radius 3 is 2.50 bits per heavy atom. The number of carbonyl (C=O) groups excluding carboxylic acids is 1. The molecule has 0 aliphatic heterocycles. The number of carboxylic acid groups (broad SMARTS) is 1. The number of carboxylic acids is 1. The fourth-order valence-corrected chi connectivity index (χ4v) is 4.60. The summed E-state index contributed by atoms with van der Waals surface area (Å²) in [4.78, 5) is 23.8. The minimum absolute atomic E-state index is 0.0458. The first-order valence-electron chi connectivity index (χ1n) is 8.94. The molecule has 7 nitrogen and oxygen atoms in total. The molecule has 2 saturated carbocycles. The summed E-state index contributed by atoms with van der Waals surface area (Å²) in [5.74, 6) is -0.977. The Balaban J connectivity index is 1.74. The zero-order valence-electron chi connectivity index (χ0n) is 14.5. The van der Waals surface area contributed by atoms with Gasteiger partial charge in [-0.05, 0) is 49.8 Å². The summed E-state index contributed by atoms with van der Waals surface area (Å²) in [7, 11) is -3.66. The SMILES string of the molecule is O=C(O)CC1(NC(=O)c2cccc(S(=O)(=O)NCC3CC3)c2)CCCC1. The summed E-state index contributed by atoms with van der Waals surface area (Å²) in [5, 5.41) is 12.0. The van der Waals surface area contributed by atoms with Gasteiger partial charge in [-0.3, -0.25) is 9.59 Å². The van der Waals surface area contributed by atoms with Gasteiger partial charge in [-0.15, -0.1) is 0 Å². The molecule has 2 aliphatic rings. The van der Waals surface area contributed by atoms with Crippen LogP contribution in [0.15, 0.2) is 29.2 Å². The molecule has 1 aromatic carbocycles. The molecule has 3 rings (SSSR count). The van der Waals surface area contributed by atoms with Crippen LogP contribution in [0.3, 0.4) is 0 Å². The van der Waals surface area contributed by atoms with Crippen LogP contribution >= 0.6 is 0 Å². The Morgan fingerprint density at radius 1 is 1.19 bits per heavy atom. The van der Waals surface area contributed by atoms with Crippen molar-refractivity contribution < 1.29 is 23.1 Å². The summed E-state index contributed by atoms with van der Waals surface area (Å²) in [6.07, 6.45) is 4.92. The van der Waals surface area contributed by atoms with E-state index in [1.807, 2.05) is 0 Å². The van der Waals surface area contributed by atoms with Crippen LogP contribution in [0.25, 0.3) is 0 Å². The molecule has 0 radical (unpaired) electrons. The Hall–Kier alpha value is -1.93. The molecule has 0 spiro atoms. The molecule has 1 amide bonds. The minimum atomic E-state index is -3.66. The van der Waals surface area contributed by atoms with Crippen molar-refractivity contribution in [3.05, 3.63) is 29.8 Å². The average molecular weight is 380 g/mol. The molecule has 0 bridgehead atoms. The van der Waals surface area contributed by atoms with Gasteiger partial charge in [0, 0.05) is 12.1 Å². The van der Waals surface area contributed by atoms with Crippen LogP contribution in [0.2, 0.25) is 0 Å². The zero-order chi connectivity index (χ0) is 18.8. The van der Waals surface area contributed by atoms with Crippen molar-refractivity contribution in [2.24, 2.45) is 5.92 Å². The molecule has 1 aromatic rings. The van der Waals surface area contributed by atoms with Gasteiger partial charge in [-0.25, -0.2) is 13.1 Å². The monoisotopic (exact) mass is 380 g/mol. The highest BCUT2D eigenvalue weighted by Gasteiger charge is 2.37. The summed E-state index contributed by atoms with van der Waals surface area (Å²) in [5.41, 5.74) is -0.530. The van der Waals surface area contributed by atoms with E-state index in [4.69, 9.17) is 5.11 Å². The highest BCUT2D eigenvalue weighted by molar-refractivity contribution is 7.89. The molecule has 26 heavy (non-hydrogen) atoms. The topological polar surface area (TPSA) is 113 Å². The molecule has 0 unspecified atom stereocenters. The van der Waals surface area contributed by atoms with Gasteiger partial charge in [0.25, 0.3) is 5.91 Å². The molecule has 8 heteroatoms. The lowest BCUT2D eigenvalue weighted by Gasteiger charge is -2.28. The van der Waals surface area contributed by atoms with E-state index in [0.29, 0.717) is 25.3 Å². The van der Waals surface area contributed by atoms with Crippen molar-refractivity contribution in [3.8, 4) is 0 Å². The Kier molecular flexibility index (Phi) is 5.34. The van der Waals surface area contributed by atoms with Gasteiger partial charge in [-0.1, -0.05) is 18.9 Å². The fraction of sp³-hybridized carbons (Fsp3) is 0.556. The molecule has 2 fully saturated rings. The molecule has 142 valence electrons. The van der Waals surface area contributed by atoms with E-state index in [9.17, 15) is 18.0 Å². The number of rotatable bonds is 8. The lowest BCUT2D eigenvalue weighted by Crippen LogP contribution is -2.47. The number of aliphatic carboxylic acids is 1. The first kappa shape index (κ1) is 18.8. The molecule has 0 heterocycles. The van der Waals surface area contributed by atoms with Gasteiger partial charge in [0.1, 0.15) is 0 Å². The zero-order valence-corrected chi connectivity index (χ0v) is 15.3. The van der Waals surface area contributed by atoms with E-state index in [1.54, 1.807) is 6.07 Å². The largest absolute Gasteiger partial charge is 0.481 e. The second-order valence-electron chi connectivity index (χ2n) is 7.34. The number of hydrogen-bond acceptors (Lipinski definition) is 4. The van der Waals surface area contributed by atoms with E-state index < -0.39 is 27.4 Å². The number of sulfonamides is 1. The predicted molar refractivity (Wildman–Crippen MR) is 95.3 cm³/mol. The number of amides is 1. The van der Waals surface area contributed by atoms with Crippen molar-refractivity contribution in [2.75, 3.05) is 6.54 Å². The summed E-state index contributed by atoms with van der Waals surface area (Å²) < 4.78 is 27.3. The van der Waals surface area contributed by atoms with Gasteiger partial charge < -0.3 is 10.4 Å². The maximum absolute atomic E-state index is 12.6. The van der Waals surface area contributed by atoms with Crippen LogP contribution in [0, 0.1) is 5.92 Å². The number of benzene rings is 1. The average Bonchev–Trinajstić information content (AvgIpc) is 3.32. The molecule has 3 N–H and O–H groups in total. The van der Waals surface area contributed by atoms with Gasteiger partial charge in [0.2, 0.25) is 10.0 Å². The van der Waals surface area contributed by atoms with Gasteiger partial charge in [-0.2, -0.15) is 0 Å². The maximum atomic E-state index is 12.6. The van der Waals surface area contributed by atoms with Gasteiger partial charge in [0.05, 0.1) is 16.9 Å². The second-order valence-corrected chi connectivity index (χ2v) is 9.10. The maximum Gasteiger partial charge on any atom is 0.305 e. The van der Waals surface area contributed by atoms with Crippen LogP contribution in [0.5, 0.6) is 0 Å². The summed E-state index contributed by atoms with van der Waals surface area (Å²) in [6, 6.07) is 5.86. The summed E-state index contributed by atoms with van der Waals surface area (Å²) >= 11 is 0. The minimum Gasteiger partial charge on any atom is -0.481 e. The van der Waals surface area contributed by atoms with Crippen LogP contribution < -0.4 is 10.0 Å². The van der Waals surface area contributed by atoms with Crippen LogP contribution in [-0.4, -0.2) is 37.5 Å². The normalized spacial score (nSPS) is 19.2. The highest BCUT2D eigenvalue weighted by Crippen LogP contribution is 2.33. The Labute approximate surface area is 153 Å². The third-order valence-electron chi connectivity index (χ3n) is 5.09. The standard InChI is InChI=1S/C18H24N2O5S/c21-16(22)11-18(8-1-2-9-18)20-17(23)14-4-3-5-15(10-14)26(24,25)19-12-13-6-7-13/h3-5,10,13,19H,1-2,6-9,11-12H2,(H,20,23)(H,21,22). The first-order valence-corrected chi connectivity index (χ1v) is 10.4. The molecule has 0 saturated heterocycles. The van der Waals surface area contributed by atoms with Crippen molar-refractivity contribution in [2.45, 2.75) is 55.4 Å². The third kappa shape index (κ3) is 4.62. The first-order chi connectivity index (χ1) is 12.3. The van der Waals surface area contributed by atoms with Crippen molar-refractivity contribution in [1.29, 1.82) is 0 Å². The van der Waals surface area contributed by atoms with Crippen LogP contribution in [0.1, 0.15) is 55.3 Å². The quantitative estimate of drug-likeness (QED) is 0.637. The third-order valence-corrected chi connectivity index (χ3v) is 6.52. The second kappa shape index (κ2) is 7.36. The fourth-order valence-electron chi connectivity index (χ4n) is 3.44. The lowest BCUT2D eigenvalue weighted by molar-refractivity contribution is -0.138. The van der Waals surface area contributed by atoms with E-state index in [-0.39, 0.29) is 16.9 Å². The van der Waals surface area contributed by atoms with Gasteiger partial charge in [0.15, 0.2) is 0 Å². The van der Waals surface area contributed by atoms with Crippen LogP contribution in [0.4, 0.5) is 0 Å². The predicted octanol–water partition coefficient (Wildman–Crippen LogP) is 1.89. The lowest BCUT2D eigenvalue weighted by atomic mass is 9.92. The van der Waals surface area contributed by atoms with Crippen LogP contribution in [-0.2, 0) is 14.8 Å². The molecule has 0 aromatic heterocycles. The summed E-state index contributed by atoms with van der Waals surface area (Å²) in [6.45, 7) is 0.417. The van der Waals surface area contributed by atoms with Crippen molar-refractivity contribution in [1.82, 2.24) is 10.0 Å². The highest BCUT2D eigenvalue weighted by atomic mass is 32.2. The molecule has 0 atom stereocenters. The molecule has 2 aliphatic carbocycles. The number of carbonyl (C=O) groups is 2. The van der Waals surface area contributed by atoms with E-state index in [2.05, 4.69) is 10.0 Å². The molecular weight excluding hydrogens is 356 g/mol. The van der Waals surface area contributed by atoms with Crippen molar-refractivity contribution >= 4 is 21.9 Å².